The van der Waals surface area contributed by atoms with Crippen LogP contribution in [0.5, 0.6) is 11.5 Å². The molecule has 0 saturated carbocycles. The van der Waals surface area contributed by atoms with Gasteiger partial charge in [-0.3, -0.25) is 19.4 Å². The van der Waals surface area contributed by atoms with Crippen molar-refractivity contribution in [2.24, 2.45) is 0 Å². The molecule has 2 atom stereocenters. The highest BCUT2D eigenvalue weighted by Crippen LogP contribution is 2.49. The summed E-state index contributed by atoms with van der Waals surface area (Å²) >= 11 is 6.06. The van der Waals surface area contributed by atoms with E-state index in [9.17, 15) is 4.79 Å². The fourth-order valence-corrected chi connectivity index (χ4v) is 6.42. The monoisotopic (exact) mass is 615 g/mol. The number of nitrogens with one attached hydrogen (secondary N) is 1. The molecule has 1 unspecified atom stereocenters. The molecule has 0 bridgehead atoms. The minimum absolute atomic E-state index is 0.154. The smallest absolute Gasteiger partial charge is 0.439 e. The van der Waals surface area contributed by atoms with E-state index < -0.39 is 11.5 Å². The number of fused-ring (bicyclic) bond motifs is 2. The maximum atomic E-state index is 11.5. The zero-order chi connectivity index (χ0) is 29.8. The minimum atomic E-state index is -1.01. The molecule has 0 amide bonds. The van der Waals surface area contributed by atoms with Crippen LogP contribution in [0.2, 0.25) is 5.02 Å². The minimum Gasteiger partial charge on any atom is -0.443 e. The quantitative estimate of drug-likeness (QED) is 0.276. The van der Waals surface area contributed by atoms with Crippen molar-refractivity contribution in [1.29, 1.82) is 0 Å². The molecule has 8 rings (SSSR count). The van der Waals surface area contributed by atoms with Gasteiger partial charge in [0.1, 0.15) is 17.0 Å². The lowest BCUT2D eigenvalue weighted by atomic mass is 9.88. The largest absolute Gasteiger partial charge is 0.443 e. The second-order valence-corrected chi connectivity index (χ2v) is 12.1. The van der Waals surface area contributed by atoms with E-state index in [1.807, 2.05) is 31.2 Å². The molecule has 3 aliphatic heterocycles. The number of likely N-dealkylation sites (tertiary alicyclic amines) is 1. The lowest BCUT2D eigenvalue weighted by molar-refractivity contribution is -0.0722. The summed E-state index contributed by atoms with van der Waals surface area (Å²) in [5.74, 6) is 1.52. The summed E-state index contributed by atoms with van der Waals surface area (Å²) in [6.45, 7) is 5.88. The Kier molecular flexibility index (Phi) is 6.65. The summed E-state index contributed by atoms with van der Waals surface area (Å²) in [4.78, 5) is 30.6. The molecule has 2 saturated heterocycles. The van der Waals surface area contributed by atoms with E-state index in [1.165, 1.54) is 0 Å². The first-order valence-electron chi connectivity index (χ1n) is 14.8. The number of imidazole rings is 1. The van der Waals surface area contributed by atoms with Crippen LogP contribution >= 0.6 is 11.6 Å². The van der Waals surface area contributed by atoms with Crippen LogP contribution < -0.4 is 15.2 Å². The Hall–Kier alpha value is -4.26. The molecule has 4 aromatic heterocycles. The highest BCUT2D eigenvalue weighted by Gasteiger charge is 2.42. The fraction of sp³-hybridized carbons (Fsp3) is 0.387. The number of para-hydroxylation sites is 1. The topological polar surface area (TPSA) is 133 Å². The predicted molar refractivity (Wildman–Crippen MR) is 160 cm³/mol. The molecule has 2 fully saturated rings. The molecular weight excluding hydrogens is 586 g/mol. The third-order valence-corrected chi connectivity index (χ3v) is 8.98. The first kappa shape index (κ1) is 27.3. The third kappa shape index (κ3) is 4.92. The number of aromatic nitrogens is 6. The number of benzene rings is 1. The Morgan fingerprint density at radius 1 is 1.09 bits per heavy atom. The molecule has 0 radical (unpaired) electrons. The van der Waals surface area contributed by atoms with Crippen LogP contribution in [-0.4, -0.2) is 60.4 Å². The zero-order valence-corrected chi connectivity index (χ0v) is 24.8. The van der Waals surface area contributed by atoms with Crippen LogP contribution in [0.15, 0.2) is 58.1 Å². The van der Waals surface area contributed by atoms with Gasteiger partial charge in [0.2, 0.25) is 0 Å². The molecule has 0 aliphatic carbocycles. The summed E-state index contributed by atoms with van der Waals surface area (Å²) in [5, 5.41) is 4.36. The van der Waals surface area contributed by atoms with Gasteiger partial charge in [-0.25, -0.2) is 14.8 Å². The number of hydrogen-bond acceptors (Lipinski definition) is 10. The van der Waals surface area contributed by atoms with Gasteiger partial charge in [0.15, 0.2) is 23.0 Å². The highest BCUT2D eigenvalue weighted by atomic mass is 35.5. The van der Waals surface area contributed by atoms with Gasteiger partial charge >= 0.3 is 5.76 Å². The van der Waals surface area contributed by atoms with E-state index in [0.29, 0.717) is 41.1 Å². The zero-order valence-electron chi connectivity index (χ0n) is 24.0. The summed E-state index contributed by atoms with van der Waals surface area (Å²) in [7, 11) is 0. The van der Waals surface area contributed by atoms with Gasteiger partial charge in [0, 0.05) is 37.1 Å². The van der Waals surface area contributed by atoms with E-state index in [0.717, 1.165) is 73.0 Å². The van der Waals surface area contributed by atoms with Crippen molar-refractivity contribution in [1.82, 2.24) is 34.6 Å². The SMILES string of the molecule is CC1(c2ccc(Cl)cn2)Oc2cccc(C3CCN(Cc4nc5cc(-c6noc(=O)[nH]6)cnc5n4C[C@@H]4CCO4)CC3)c2O1. The number of pyridine rings is 2. The van der Waals surface area contributed by atoms with Crippen LogP contribution in [0.4, 0.5) is 0 Å². The Morgan fingerprint density at radius 2 is 1.95 bits per heavy atom. The number of H-pyrrole nitrogens is 1. The normalized spacial score (nSPS) is 22.0. The van der Waals surface area contributed by atoms with Gasteiger partial charge in [-0.15, -0.1) is 0 Å². The fourth-order valence-electron chi connectivity index (χ4n) is 6.31. The Balaban J connectivity index is 0.999. The van der Waals surface area contributed by atoms with Crippen LogP contribution in [0.1, 0.15) is 49.2 Å². The molecule has 12 nitrogen and oxygen atoms in total. The number of piperidine rings is 1. The predicted octanol–water partition coefficient (Wildman–Crippen LogP) is 4.64. The molecular formula is C31H30ClN7O5. The Morgan fingerprint density at radius 3 is 2.68 bits per heavy atom. The van der Waals surface area contributed by atoms with E-state index in [-0.39, 0.29) is 6.10 Å². The average molecular weight is 616 g/mol. The van der Waals surface area contributed by atoms with Crippen LogP contribution in [0.25, 0.3) is 22.6 Å². The van der Waals surface area contributed by atoms with E-state index in [4.69, 9.17) is 35.8 Å². The third-order valence-electron chi connectivity index (χ3n) is 8.75. The standard InChI is InChI=1S/C31H30ClN7O5/c1-31(25-6-5-20(32)15-33-25)42-24-4-2-3-22(27(24)43-31)18-7-10-38(11-8-18)17-26-35-23-13-19(28-36-30(40)44-37-28)14-34-29(23)39(26)16-21-9-12-41-21/h2-6,13-15,18,21H,7-12,16-17H2,1H3,(H,36,37,40)/t21-,31?/m0/s1. The van der Waals surface area contributed by atoms with E-state index in [1.54, 1.807) is 18.5 Å². The van der Waals surface area contributed by atoms with Crippen molar-refractivity contribution in [3.8, 4) is 22.9 Å². The lowest BCUT2D eigenvalue weighted by Gasteiger charge is -2.33. The molecule has 226 valence electrons. The number of ether oxygens (including phenoxy) is 3. The number of halogens is 1. The van der Waals surface area contributed by atoms with E-state index in [2.05, 4.69) is 35.2 Å². The van der Waals surface area contributed by atoms with Crippen molar-refractivity contribution < 1.29 is 18.7 Å². The number of aromatic amines is 1. The molecule has 3 aliphatic rings. The van der Waals surface area contributed by atoms with Gasteiger partial charge in [0.25, 0.3) is 5.79 Å². The number of nitrogens with zero attached hydrogens (tertiary/aromatic N) is 6. The molecule has 1 N–H and O–H groups in total. The van der Waals surface area contributed by atoms with E-state index >= 15 is 0 Å². The number of hydrogen-bond donors (Lipinski definition) is 1. The second-order valence-electron chi connectivity index (χ2n) is 11.7. The van der Waals surface area contributed by atoms with Crippen molar-refractivity contribution in [3.05, 3.63) is 81.4 Å². The van der Waals surface area contributed by atoms with Crippen molar-refractivity contribution in [2.45, 2.75) is 57.1 Å². The summed E-state index contributed by atoms with van der Waals surface area (Å²) < 4.78 is 25.4. The van der Waals surface area contributed by atoms with Gasteiger partial charge in [-0.05, 0) is 62.5 Å². The maximum Gasteiger partial charge on any atom is 0.439 e. The van der Waals surface area contributed by atoms with Crippen LogP contribution in [0, 0.1) is 0 Å². The molecule has 0 spiro atoms. The van der Waals surface area contributed by atoms with Crippen LogP contribution in [0.3, 0.4) is 0 Å². The van der Waals surface area contributed by atoms with Gasteiger partial charge in [0.05, 0.1) is 24.2 Å². The van der Waals surface area contributed by atoms with Gasteiger partial charge in [-0.1, -0.05) is 28.9 Å². The summed E-state index contributed by atoms with van der Waals surface area (Å²) in [5.41, 5.74) is 4.01. The first-order chi connectivity index (χ1) is 21.4. The lowest BCUT2D eigenvalue weighted by Crippen LogP contribution is -2.35. The Labute approximate surface area is 256 Å². The number of rotatable bonds is 7. The van der Waals surface area contributed by atoms with Crippen molar-refractivity contribution >= 4 is 22.8 Å². The van der Waals surface area contributed by atoms with Crippen molar-refractivity contribution in [3.63, 3.8) is 0 Å². The second kappa shape index (κ2) is 10.7. The molecule has 5 aromatic rings. The maximum absolute atomic E-state index is 11.5. The summed E-state index contributed by atoms with van der Waals surface area (Å²) in [6, 6.07) is 11.6. The average Bonchev–Trinajstić information content (AvgIpc) is 3.69. The first-order valence-corrected chi connectivity index (χ1v) is 15.2. The summed E-state index contributed by atoms with van der Waals surface area (Å²) in [6.07, 6.45) is 6.41. The van der Waals surface area contributed by atoms with Gasteiger partial charge in [-0.2, -0.15) is 0 Å². The van der Waals surface area contributed by atoms with Crippen LogP contribution in [-0.2, 0) is 23.6 Å². The van der Waals surface area contributed by atoms with Crippen molar-refractivity contribution in [2.75, 3.05) is 19.7 Å². The Bertz CT molecular complexity index is 1890. The molecule has 13 heteroatoms. The highest BCUT2D eigenvalue weighted by molar-refractivity contribution is 6.30. The molecule has 1 aromatic carbocycles. The molecule has 7 heterocycles. The molecule has 44 heavy (non-hydrogen) atoms. The van der Waals surface area contributed by atoms with Gasteiger partial charge < -0.3 is 18.8 Å².